The molecule has 4 aliphatic rings. The van der Waals surface area contributed by atoms with Crippen LogP contribution in [0.5, 0.6) is 34.5 Å². The molecule has 7 rings (SSSR count). The summed E-state index contributed by atoms with van der Waals surface area (Å²) in [4.78, 5) is 33.9. The summed E-state index contributed by atoms with van der Waals surface area (Å²) in [7, 11) is 1.51. The number of hydrogen-bond acceptors (Lipinski definition) is 13. The molecule has 2 aliphatic heterocycles. The third-order valence-corrected chi connectivity index (χ3v) is 12.2. The highest BCUT2D eigenvalue weighted by atomic mass is 16.7. The number of ether oxygens (including phenoxy) is 7. The van der Waals surface area contributed by atoms with Crippen LogP contribution in [0, 0.1) is 17.8 Å². The fourth-order valence-corrected chi connectivity index (χ4v) is 9.60. The number of aldehydes is 1. The standard InChI is InChI=1S/C48H58N2O12/c1-5-22-59-48-44(50(47(54)56-6-2)28-31-14-17-42-43(23-31)58-30-57-42)27-39(49-60-7-3)37-25-32(12-8-10-20-51)36(13-9-11-21-52)45(46(37)48)38-26-35(16-19-41(38)62-48)61-34-15-18-40(55-4)33(24-34)29-53/h5,14-19,23-26,29,32,36,44-46,51-52H,1,6-13,20-22,27-28,30H2,2-4H3/t32-,36+,44-,45+,46+,48+/m0/s1. The molecule has 2 N–H and O–H groups in total. The van der Waals surface area contributed by atoms with Crippen LogP contribution in [0.4, 0.5) is 4.79 Å². The Labute approximate surface area is 363 Å². The molecule has 0 saturated heterocycles. The number of aliphatic hydroxyl groups excluding tert-OH is 2. The van der Waals surface area contributed by atoms with Crippen LogP contribution < -0.4 is 23.7 Å². The number of methoxy groups -OCH3 is 1. The Kier molecular flexibility index (Phi) is 14.7. The van der Waals surface area contributed by atoms with Gasteiger partial charge in [0.2, 0.25) is 12.6 Å². The topological polar surface area (TPSA) is 164 Å². The van der Waals surface area contributed by atoms with E-state index in [0.29, 0.717) is 65.2 Å². The van der Waals surface area contributed by atoms with Crippen LogP contribution in [0.3, 0.4) is 0 Å². The number of aliphatic hydroxyl groups is 2. The normalized spacial score (nSPS) is 23.6. The number of benzene rings is 3. The molecule has 0 unspecified atom stereocenters. The lowest BCUT2D eigenvalue weighted by atomic mass is 9.55. The molecule has 1 saturated carbocycles. The zero-order valence-corrected chi connectivity index (χ0v) is 35.8. The van der Waals surface area contributed by atoms with Crippen LogP contribution in [-0.4, -0.2) is 92.0 Å². The van der Waals surface area contributed by atoms with E-state index in [4.69, 9.17) is 43.2 Å². The first kappa shape index (κ1) is 44.5. The van der Waals surface area contributed by atoms with Crippen LogP contribution >= 0.6 is 0 Å². The van der Waals surface area contributed by atoms with Crippen molar-refractivity contribution in [3.8, 4) is 34.5 Å². The molecule has 14 nitrogen and oxygen atoms in total. The first-order chi connectivity index (χ1) is 30.3. The van der Waals surface area contributed by atoms with Gasteiger partial charge in [0.15, 0.2) is 17.8 Å². The molecule has 1 amide bonds. The second-order valence-corrected chi connectivity index (χ2v) is 15.8. The lowest BCUT2D eigenvalue weighted by molar-refractivity contribution is -0.256. The van der Waals surface area contributed by atoms with Gasteiger partial charge in [0.25, 0.3) is 0 Å². The van der Waals surface area contributed by atoms with E-state index < -0.39 is 23.8 Å². The summed E-state index contributed by atoms with van der Waals surface area (Å²) in [6.07, 6.45) is 8.76. The minimum Gasteiger partial charge on any atom is -0.496 e. The Balaban J connectivity index is 1.44. The molecule has 0 spiro atoms. The zero-order valence-electron chi connectivity index (χ0n) is 35.8. The van der Waals surface area contributed by atoms with Gasteiger partial charge in [0, 0.05) is 37.7 Å². The number of unbranched alkanes of at least 4 members (excludes halogenated alkanes) is 2. The van der Waals surface area contributed by atoms with Crippen LogP contribution in [0.25, 0.3) is 0 Å². The molecule has 0 aromatic heterocycles. The van der Waals surface area contributed by atoms with Crippen molar-refractivity contribution in [2.45, 2.75) is 83.1 Å². The molecule has 14 heteroatoms. The SMILES string of the molecule is C=CCO[C@@]12Oc3ccc(Oc4ccc(OC)c(C=O)c4)cc3[C@H]3[C@H](CCCCO)[C@@H](CCCCO)C=C(C(=NOCC)C[C@@H]1N(Cc1ccc4c(c1)OCO4)C(=O)OCC)[C@H]32. The maximum atomic E-state index is 14.5. The highest BCUT2D eigenvalue weighted by Gasteiger charge is 2.65. The lowest BCUT2D eigenvalue weighted by Crippen LogP contribution is -2.70. The molecule has 62 heavy (non-hydrogen) atoms. The number of allylic oxidation sites excluding steroid dienone is 1. The number of carbonyl (C=O) groups excluding carboxylic acids is 2. The van der Waals surface area contributed by atoms with Crippen molar-refractivity contribution in [1.82, 2.24) is 4.90 Å². The van der Waals surface area contributed by atoms with Crippen molar-refractivity contribution in [2.75, 3.05) is 46.9 Å². The number of amides is 1. The lowest BCUT2D eigenvalue weighted by Gasteiger charge is -2.59. The predicted molar refractivity (Wildman–Crippen MR) is 230 cm³/mol. The van der Waals surface area contributed by atoms with Crippen molar-refractivity contribution in [3.63, 3.8) is 0 Å². The Morgan fingerprint density at radius 3 is 2.45 bits per heavy atom. The zero-order chi connectivity index (χ0) is 43.6. The van der Waals surface area contributed by atoms with Gasteiger partial charge in [0.05, 0.1) is 37.5 Å². The number of nitrogens with zero attached hydrogens (tertiary/aromatic N) is 2. The Bertz CT molecular complexity index is 2120. The molecule has 6 atom stereocenters. The van der Waals surface area contributed by atoms with Crippen molar-refractivity contribution >= 4 is 18.1 Å². The van der Waals surface area contributed by atoms with Crippen LogP contribution in [0.1, 0.15) is 86.2 Å². The fraction of sp³-hybridized carbons (Fsp3) is 0.479. The molecular formula is C48H58N2O12. The maximum Gasteiger partial charge on any atom is 0.410 e. The van der Waals surface area contributed by atoms with Gasteiger partial charge in [-0.1, -0.05) is 36.2 Å². The second kappa shape index (κ2) is 20.5. The number of fused-ring (bicyclic) bond motifs is 3. The first-order valence-corrected chi connectivity index (χ1v) is 21.7. The summed E-state index contributed by atoms with van der Waals surface area (Å²) in [6, 6.07) is 15.6. The van der Waals surface area contributed by atoms with Crippen molar-refractivity contribution in [1.29, 1.82) is 0 Å². The van der Waals surface area contributed by atoms with Crippen molar-refractivity contribution < 1.29 is 57.8 Å². The van der Waals surface area contributed by atoms with Crippen molar-refractivity contribution in [2.24, 2.45) is 22.9 Å². The van der Waals surface area contributed by atoms with Gasteiger partial charge in [-0.3, -0.25) is 9.69 Å². The highest BCUT2D eigenvalue weighted by Crippen LogP contribution is 2.62. The van der Waals surface area contributed by atoms with E-state index in [2.05, 4.69) is 12.7 Å². The van der Waals surface area contributed by atoms with Gasteiger partial charge in [-0.05, 0) is 111 Å². The van der Waals surface area contributed by atoms with E-state index in [-0.39, 0.29) is 63.9 Å². The van der Waals surface area contributed by atoms with E-state index in [9.17, 15) is 19.8 Å². The minimum atomic E-state index is -1.49. The molecule has 2 aliphatic carbocycles. The number of oxime groups is 1. The quantitative estimate of drug-likeness (QED) is 0.0456. The summed E-state index contributed by atoms with van der Waals surface area (Å²) >= 11 is 0. The van der Waals surface area contributed by atoms with Gasteiger partial charge in [-0.25, -0.2) is 4.79 Å². The fourth-order valence-electron chi connectivity index (χ4n) is 9.60. The second-order valence-electron chi connectivity index (χ2n) is 15.8. The number of rotatable bonds is 21. The third-order valence-electron chi connectivity index (χ3n) is 12.2. The molecule has 3 aromatic rings. The van der Waals surface area contributed by atoms with Crippen LogP contribution in [-0.2, 0) is 20.9 Å². The van der Waals surface area contributed by atoms with E-state index in [1.54, 1.807) is 36.1 Å². The van der Waals surface area contributed by atoms with E-state index in [0.717, 1.165) is 48.7 Å². The Morgan fingerprint density at radius 2 is 1.71 bits per heavy atom. The van der Waals surface area contributed by atoms with E-state index >= 15 is 0 Å². The largest absolute Gasteiger partial charge is 0.496 e. The van der Waals surface area contributed by atoms with Crippen molar-refractivity contribution in [3.05, 3.63) is 95.6 Å². The summed E-state index contributed by atoms with van der Waals surface area (Å²) in [5.41, 5.74) is 3.60. The average molecular weight is 855 g/mol. The number of hydrogen-bond donors (Lipinski definition) is 2. The number of carbonyl (C=O) groups is 2. The van der Waals surface area contributed by atoms with Gasteiger partial charge >= 0.3 is 6.09 Å². The minimum absolute atomic E-state index is 0.00162. The predicted octanol–water partition coefficient (Wildman–Crippen LogP) is 8.34. The van der Waals surface area contributed by atoms with Crippen LogP contribution in [0.15, 0.2) is 84.1 Å². The smallest absolute Gasteiger partial charge is 0.410 e. The van der Waals surface area contributed by atoms with Gasteiger partial charge in [-0.2, -0.15) is 0 Å². The molecule has 1 fully saturated rings. The Hall–Kier alpha value is -5.57. The van der Waals surface area contributed by atoms with Gasteiger partial charge in [0.1, 0.15) is 35.6 Å². The summed E-state index contributed by atoms with van der Waals surface area (Å²) in [5, 5.41) is 24.6. The first-order valence-electron chi connectivity index (χ1n) is 21.7. The molecule has 3 aromatic carbocycles. The highest BCUT2D eigenvalue weighted by molar-refractivity contribution is 6.03. The molecule has 332 valence electrons. The monoisotopic (exact) mass is 854 g/mol. The van der Waals surface area contributed by atoms with E-state index in [1.807, 2.05) is 43.3 Å². The summed E-state index contributed by atoms with van der Waals surface area (Å²) < 4.78 is 43.4. The third kappa shape index (κ3) is 9.13. The molecule has 2 heterocycles. The molecule has 0 bridgehead atoms. The van der Waals surface area contributed by atoms with Crippen LogP contribution in [0.2, 0.25) is 0 Å². The maximum absolute atomic E-state index is 14.5. The average Bonchev–Trinajstić information content (AvgIpc) is 3.76. The van der Waals surface area contributed by atoms with Gasteiger partial charge in [-0.15, -0.1) is 6.58 Å². The van der Waals surface area contributed by atoms with E-state index in [1.165, 1.54) is 7.11 Å². The molecular weight excluding hydrogens is 797 g/mol. The van der Waals surface area contributed by atoms with Gasteiger partial charge < -0.3 is 48.2 Å². The Morgan fingerprint density at radius 1 is 0.952 bits per heavy atom. The molecule has 0 radical (unpaired) electrons. The summed E-state index contributed by atoms with van der Waals surface area (Å²) in [5.74, 6) is 0.926. The summed E-state index contributed by atoms with van der Waals surface area (Å²) in [6.45, 7) is 8.62.